The van der Waals surface area contributed by atoms with Gasteiger partial charge in [0.25, 0.3) is 0 Å². The molecule has 0 aliphatic heterocycles. The SMILES string of the molecule is CCC#CCCCCCCCCO[Si](C)(C)O[Si](C)(C)OCCC. The van der Waals surface area contributed by atoms with Gasteiger partial charge in [0.1, 0.15) is 0 Å². The van der Waals surface area contributed by atoms with E-state index in [1.54, 1.807) is 0 Å². The molecule has 0 aliphatic carbocycles. The van der Waals surface area contributed by atoms with Crippen LogP contribution in [0.3, 0.4) is 0 Å². The zero-order valence-electron chi connectivity index (χ0n) is 17.0. The summed E-state index contributed by atoms with van der Waals surface area (Å²) in [7, 11) is -4.10. The maximum Gasteiger partial charge on any atom is 0.322 e. The van der Waals surface area contributed by atoms with Gasteiger partial charge in [0, 0.05) is 26.1 Å². The Kier molecular flexibility index (Phi) is 14.0. The molecule has 5 heteroatoms. The third-order valence-electron chi connectivity index (χ3n) is 3.59. The maximum absolute atomic E-state index is 6.24. The Morgan fingerprint density at radius 3 is 1.79 bits per heavy atom. The second kappa shape index (κ2) is 14.1. The molecular formula is C19H40O3Si2. The fourth-order valence-electron chi connectivity index (χ4n) is 2.55. The van der Waals surface area contributed by atoms with Gasteiger partial charge in [-0.1, -0.05) is 39.5 Å². The summed E-state index contributed by atoms with van der Waals surface area (Å²) in [4.78, 5) is 0. The zero-order chi connectivity index (χ0) is 18.3. The maximum atomic E-state index is 6.24. The monoisotopic (exact) mass is 372 g/mol. The van der Waals surface area contributed by atoms with Crippen LogP contribution in [0.5, 0.6) is 0 Å². The van der Waals surface area contributed by atoms with E-state index in [4.69, 9.17) is 13.0 Å². The lowest BCUT2D eigenvalue weighted by molar-refractivity contribution is 0.193. The van der Waals surface area contributed by atoms with Gasteiger partial charge in [-0.3, -0.25) is 0 Å². The largest absolute Gasteiger partial charge is 0.415 e. The Balaban J connectivity index is 3.64. The van der Waals surface area contributed by atoms with Crippen molar-refractivity contribution < 1.29 is 13.0 Å². The lowest BCUT2D eigenvalue weighted by Gasteiger charge is -2.32. The first-order valence-electron chi connectivity index (χ1n) is 9.77. The van der Waals surface area contributed by atoms with Crippen molar-refractivity contribution in [2.45, 2.75) is 97.8 Å². The van der Waals surface area contributed by atoms with Crippen LogP contribution in [0.25, 0.3) is 0 Å². The first-order valence-corrected chi connectivity index (χ1v) is 15.4. The summed E-state index contributed by atoms with van der Waals surface area (Å²) in [5.41, 5.74) is 0. The molecule has 24 heavy (non-hydrogen) atoms. The molecule has 3 nitrogen and oxygen atoms in total. The molecule has 0 rings (SSSR count). The molecule has 0 radical (unpaired) electrons. The zero-order valence-corrected chi connectivity index (χ0v) is 19.0. The average Bonchev–Trinajstić information content (AvgIpc) is 2.49. The summed E-state index contributed by atoms with van der Waals surface area (Å²) in [6, 6.07) is 0. The topological polar surface area (TPSA) is 27.7 Å². The van der Waals surface area contributed by atoms with Crippen LogP contribution in [0.1, 0.15) is 71.6 Å². The smallest absolute Gasteiger partial charge is 0.322 e. The highest BCUT2D eigenvalue weighted by atomic mass is 28.5. The summed E-state index contributed by atoms with van der Waals surface area (Å²) >= 11 is 0. The molecule has 0 spiro atoms. The van der Waals surface area contributed by atoms with Gasteiger partial charge in [-0.05, 0) is 45.5 Å². The third kappa shape index (κ3) is 15.4. The Morgan fingerprint density at radius 1 is 0.667 bits per heavy atom. The molecule has 0 amide bonds. The van der Waals surface area contributed by atoms with E-state index < -0.39 is 17.1 Å². The molecule has 0 atom stereocenters. The van der Waals surface area contributed by atoms with Gasteiger partial charge in [0.2, 0.25) is 0 Å². The Bertz CT molecular complexity index is 359. The van der Waals surface area contributed by atoms with Gasteiger partial charge in [0.05, 0.1) is 0 Å². The van der Waals surface area contributed by atoms with Crippen LogP contribution in [0.4, 0.5) is 0 Å². The van der Waals surface area contributed by atoms with Crippen molar-refractivity contribution in [1.29, 1.82) is 0 Å². The van der Waals surface area contributed by atoms with Crippen molar-refractivity contribution in [3.63, 3.8) is 0 Å². The number of hydrogen-bond donors (Lipinski definition) is 0. The highest BCUT2D eigenvalue weighted by Gasteiger charge is 2.36. The molecular weight excluding hydrogens is 332 g/mol. The summed E-state index contributed by atoms with van der Waals surface area (Å²) in [6.45, 7) is 14.3. The molecule has 0 unspecified atom stereocenters. The second-order valence-electron chi connectivity index (χ2n) is 7.18. The summed E-state index contributed by atoms with van der Waals surface area (Å²) in [6.07, 6.45) is 10.6. The predicted octanol–water partition coefficient (Wildman–Crippen LogP) is 5.99. The van der Waals surface area contributed by atoms with Gasteiger partial charge < -0.3 is 13.0 Å². The molecule has 0 N–H and O–H groups in total. The molecule has 0 aromatic rings. The van der Waals surface area contributed by atoms with Gasteiger partial charge in [-0.2, -0.15) is 0 Å². The highest BCUT2D eigenvalue weighted by Crippen LogP contribution is 2.18. The second-order valence-corrected chi connectivity index (χ2v) is 14.2. The van der Waals surface area contributed by atoms with E-state index in [-0.39, 0.29) is 0 Å². The fraction of sp³-hybridized carbons (Fsp3) is 0.895. The Morgan fingerprint density at radius 2 is 1.21 bits per heavy atom. The number of unbranched alkanes of at least 4 members (excludes halogenated alkanes) is 6. The molecule has 0 aromatic carbocycles. The molecule has 0 fully saturated rings. The number of hydrogen-bond acceptors (Lipinski definition) is 3. The summed E-state index contributed by atoms with van der Waals surface area (Å²) in [5, 5.41) is 0. The molecule has 0 bridgehead atoms. The van der Waals surface area contributed by atoms with E-state index in [0.29, 0.717) is 0 Å². The number of rotatable bonds is 14. The Labute approximate surface area is 153 Å². The molecule has 0 saturated carbocycles. The van der Waals surface area contributed by atoms with E-state index >= 15 is 0 Å². The van der Waals surface area contributed by atoms with Crippen LogP contribution < -0.4 is 0 Å². The average molecular weight is 373 g/mol. The van der Waals surface area contributed by atoms with Crippen LogP contribution in [-0.4, -0.2) is 30.3 Å². The molecule has 0 heterocycles. The van der Waals surface area contributed by atoms with Gasteiger partial charge in [0.15, 0.2) is 0 Å². The summed E-state index contributed by atoms with van der Waals surface area (Å²) in [5.74, 6) is 6.34. The van der Waals surface area contributed by atoms with Gasteiger partial charge in [-0.25, -0.2) is 0 Å². The molecule has 0 saturated heterocycles. The van der Waals surface area contributed by atoms with Crippen molar-refractivity contribution in [1.82, 2.24) is 0 Å². The van der Waals surface area contributed by atoms with Gasteiger partial charge in [-0.15, -0.1) is 11.8 Å². The minimum absolute atomic E-state index is 0.785. The van der Waals surface area contributed by atoms with Crippen LogP contribution in [0.15, 0.2) is 0 Å². The normalized spacial score (nSPS) is 12.1. The Hall–Kier alpha value is -0.126. The van der Waals surface area contributed by atoms with Gasteiger partial charge >= 0.3 is 17.1 Å². The quantitative estimate of drug-likeness (QED) is 0.213. The van der Waals surface area contributed by atoms with Crippen molar-refractivity contribution >= 4 is 17.1 Å². The lowest BCUT2D eigenvalue weighted by Crippen LogP contribution is -2.48. The van der Waals surface area contributed by atoms with Crippen molar-refractivity contribution in [2.75, 3.05) is 13.2 Å². The minimum atomic E-state index is -2.06. The van der Waals surface area contributed by atoms with E-state index in [0.717, 1.165) is 38.9 Å². The molecule has 0 aliphatic rings. The van der Waals surface area contributed by atoms with Crippen LogP contribution in [0.2, 0.25) is 26.2 Å². The first kappa shape index (κ1) is 23.9. The van der Waals surface area contributed by atoms with E-state index in [1.165, 1.54) is 32.1 Å². The fourth-order valence-corrected chi connectivity index (χ4v) is 9.09. The van der Waals surface area contributed by atoms with Crippen LogP contribution >= 0.6 is 0 Å². The minimum Gasteiger partial charge on any atom is -0.415 e. The van der Waals surface area contributed by atoms with Crippen molar-refractivity contribution in [3.8, 4) is 11.8 Å². The third-order valence-corrected chi connectivity index (χ3v) is 9.32. The summed E-state index contributed by atoms with van der Waals surface area (Å²) < 4.78 is 18.2. The van der Waals surface area contributed by atoms with E-state index in [1.807, 2.05) is 0 Å². The lowest BCUT2D eigenvalue weighted by atomic mass is 10.1. The predicted molar refractivity (Wildman–Crippen MR) is 109 cm³/mol. The van der Waals surface area contributed by atoms with Crippen LogP contribution in [0, 0.1) is 11.8 Å². The molecule has 0 aromatic heterocycles. The highest BCUT2D eigenvalue weighted by molar-refractivity contribution is 6.78. The van der Waals surface area contributed by atoms with Crippen LogP contribution in [-0.2, 0) is 13.0 Å². The van der Waals surface area contributed by atoms with Crippen molar-refractivity contribution in [2.24, 2.45) is 0 Å². The van der Waals surface area contributed by atoms with Crippen molar-refractivity contribution in [3.05, 3.63) is 0 Å². The standard InChI is InChI=1S/C19H40O3Si2/c1-7-9-10-11-12-13-14-15-16-17-19-21-24(5,6)22-23(3,4)20-18-8-2/h7-8,11-19H2,1-6H3. The molecule has 142 valence electrons. The van der Waals surface area contributed by atoms with E-state index in [2.05, 4.69) is 51.9 Å². The first-order chi connectivity index (χ1) is 11.3. The van der Waals surface area contributed by atoms with E-state index in [9.17, 15) is 0 Å².